The Morgan fingerprint density at radius 2 is 0.810 bits per heavy atom. The molecule has 6 heteroatoms. The van der Waals surface area contributed by atoms with Gasteiger partial charge in [0.25, 0.3) is 0 Å². The topological polar surface area (TPSA) is 0 Å². The van der Waals surface area contributed by atoms with E-state index in [1.165, 1.54) is 55.6 Å². The fraction of sp³-hybridized carbons (Fsp3) is 0.111. The molecule has 0 aliphatic heterocycles. The third kappa shape index (κ3) is 6.18. The Kier molecular flexibility index (Phi) is 10.9. The molecule has 0 aromatic heterocycles. The van der Waals surface area contributed by atoms with Gasteiger partial charge in [-0.25, -0.2) is 0 Å². The van der Waals surface area contributed by atoms with Crippen molar-refractivity contribution in [3.8, 4) is 44.5 Å². The minimum absolute atomic E-state index is 0. The van der Waals surface area contributed by atoms with Gasteiger partial charge in [0.1, 0.15) is 0 Å². The van der Waals surface area contributed by atoms with Crippen LogP contribution in [0.5, 0.6) is 0 Å². The second-order valence-corrected chi connectivity index (χ2v) is 28.2. The first-order valence-electron chi connectivity index (χ1n) is 13.6. The van der Waals surface area contributed by atoms with E-state index in [2.05, 4.69) is 112 Å². The van der Waals surface area contributed by atoms with Gasteiger partial charge in [0, 0.05) is 0 Å². The van der Waals surface area contributed by atoms with Crippen LogP contribution in [0, 0.1) is 13.8 Å². The Hall–Kier alpha value is -1.90. The van der Waals surface area contributed by atoms with Crippen molar-refractivity contribution in [2.24, 2.45) is 0 Å². The average molecular weight is 726 g/mol. The minimum atomic E-state index is -2.35. The van der Waals surface area contributed by atoms with Crippen molar-refractivity contribution in [1.82, 2.24) is 0 Å². The summed E-state index contributed by atoms with van der Waals surface area (Å²) < 4.78 is 3.33. The van der Waals surface area contributed by atoms with Crippen molar-refractivity contribution in [3.05, 3.63) is 130 Å². The maximum Gasteiger partial charge on any atom is -0.147 e. The molecule has 6 rings (SSSR count). The van der Waals surface area contributed by atoms with E-state index >= 15 is 0 Å². The first-order chi connectivity index (χ1) is 19.3. The molecule has 0 N–H and O–H groups in total. The molecule has 0 radical (unpaired) electrons. The van der Waals surface area contributed by atoms with E-state index in [0.717, 1.165) is 10.0 Å². The first kappa shape index (κ1) is 33.0. The van der Waals surface area contributed by atoms with E-state index < -0.39 is 25.8 Å². The molecule has 2 aromatic rings. The van der Waals surface area contributed by atoms with Crippen molar-refractivity contribution in [3.63, 3.8) is 0 Å². The van der Waals surface area contributed by atoms with Crippen molar-refractivity contribution < 1.29 is 20.4 Å². The molecule has 0 nitrogen and oxygen atoms in total. The van der Waals surface area contributed by atoms with Gasteiger partial charge in [-0.3, -0.25) is 0 Å². The second kappa shape index (κ2) is 13.8. The van der Waals surface area contributed by atoms with Gasteiger partial charge in [-0.05, 0) is 0 Å². The van der Waals surface area contributed by atoms with Crippen LogP contribution in [0.2, 0.25) is 23.1 Å². The maximum absolute atomic E-state index is 6.24. The predicted octanol–water partition coefficient (Wildman–Crippen LogP) is 10.8. The zero-order valence-corrected chi connectivity index (χ0v) is 30.6. The molecule has 0 unspecified atom stereocenters. The summed E-state index contributed by atoms with van der Waals surface area (Å²) in [5.41, 5.74) is 12.8. The average Bonchev–Trinajstić information content (AvgIpc) is 3.21. The van der Waals surface area contributed by atoms with Crippen molar-refractivity contribution in [2.75, 3.05) is 0 Å². The molecule has 0 bridgehead atoms. The summed E-state index contributed by atoms with van der Waals surface area (Å²) in [6.07, 6.45) is 0. The number of aryl methyl sites for hydroxylation is 2. The summed E-state index contributed by atoms with van der Waals surface area (Å²) in [7, 11) is 0. The van der Waals surface area contributed by atoms with Crippen LogP contribution >= 0.6 is 48.0 Å². The quantitative estimate of drug-likeness (QED) is 0.159. The monoisotopic (exact) mass is 722 g/mol. The maximum atomic E-state index is 6.24. The standard InChI is InChI=1S/2C17H12Cl.C2H6Si.2ClH.Zr/c2*1-12-10-14-4-2-3-5-16(17(14)11-12)13-6-8-15(18)9-7-13;1-3-2;;;/h2*2-9,11H,1H3;1-2H3;2*1H;. The van der Waals surface area contributed by atoms with E-state index in [1.807, 2.05) is 24.3 Å². The van der Waals surface area contributed by atoms with Crippen LogP contribution < -0.4 is 6.54 Å². The smallest absolute Gasteiger partial charge is 0.147 e. The summed E-state index contributed by atoms with van der Waals surface area (Å²) in [4.78, 5) is 0. The molecular weight excluding hydrogens is 694 g/mol. The van der Waals surface area contributed by atoms with Gasteiger partial charge in [-0.2, -0.15) is 0 Å². The Balaban J connectivity index is 0.00000202. The largest absolute Gasteiger partial charge is 0.147 e. The minimum Gasteiger partial charge on any atom is -0.147 e. The Morgan fingerprint density at radius 3 is 1.14 bits per heavy atom. The van der Waals surface area contributed by atoms with E-state index in [4.69, 9.17) is 23.2 Å². The number of hydrogen-bond donors (Lipinski definition) is 0. The third-order valence-electron chi connectivity index (χ3n) is 7.79. The van der Waals surface area contributed by atoms with E-state index in [9.17, 15) is 0 Å². The van der Waals surface area contributed by atoms with Crippen LogP contribution in [0.15, 0.2) is 109 Å². The van der Waals surface area contributed by atoms with Gasteiger partial charge in [-0.1, -0.05) is 0 Å². The van der Waals surface area contributed by atoms with Gasteiger partial charge in [0.05, 0.1) is 0 Å². The van der Waals surface area contributed by atoms with Crippen LogP contribution in [0.3, 0.4) is 0 Å². The molecule has 2 aromatic carbocycles. The van der Waals surface area contributed by atoms with E-state index in [0.29, 0.717) is 0 Å². The van der Waals surface area contributed by atoms with Gasteiger partial charge in [0.2, 0.25) is 0 Å². The van der Waals surface area contributed by atoms with Gasteiger partial charge >= 0.3 is 257 Å². The fourth-order valence-electron chi connectivity index (χ4n) is 6.06. The zero-order chi connectivity index (χ0) is 28.0. The number of rotatable bonds is 4. The van der Waals surface area contributed by atoms with Gasteiger partial charge in [-0.15, -0.1) is 24.8 Å². The zero-order valence-electron chi connectivity index (χ0n) is 24.0. The Bertz CT molecular complexity index is 1710. The molecule has 0 fully saturated rings. The van der Waals surface area contributed by atoms with E-state index in [-0.39, 0.29) is 24.8 Å². The van der Waals surface area contributed by atoms with Crippen LogP contribution in [-0.2, 0) is 20.4 Å². The Labute approximate surface area is 279 Å². The number of fused-ring (bicyclic) bond motifs is 2. The molecular formula is C36H32Cl4SiZr. The summed E-state index contributed by atoms with van der Waals surface area (Å²) in [5, 5.41) is 1.54. The van der Waals surface area contributed by atoms with E-state index in [1.54, 1.807) is 6.54 Å². The van der Waals surface area contributed by atoms with Crippen molar-refractivity contribution >= 4 is 60.0 Å². The fourth-order valence-corrected chi connectivity index (χ4v) is 23.9. The number of hydrogen-bond acceptors (Lipinski definition) is 0. The molecule has 0 saturated carbocycles. The first-order valence-corrected chi connectivity index (χ1v) is 23.0. The molecule has 0 heterocycles. The van der Waals surface area contributed by atoms with Crippen molar-refractivity contribution in [2.45, 2.75) is 26.9 Å². The Morgan fingerprint density at radius 1 is 0.476 bits per heavy atom. The second-order valence-electron chi connectivity index (χ2n) is 10.7. The number of halogens is 4. The molecule has 0 atom stereocenters. The van der Waals surface area contributed by atoms with Gasteiger partial charge in [0.15, 0.2) is 0 Å². The SMILES string of the molecule is Cc1cc2c(-c3ccc(Cl)cc3)ccccc-2[c]1[Zr]([c]1c(C)cc2c(-c3ccc(Cl)cc3)ccccc1-2)=[Si](C)C.Cl.Cl. The summed E-state index contributed by atoms with van der Waals surface area (Å²) in [6, 6.07) is 39.4. The van der Waals surface area contributed by atoms with Crippen LogP contribution in [0.1, 0.15) is 11.1 Å². The summed E-state index contributed by atoms with van der Waals surface area (Å²) in [5.74, 6) is 0. The van der Waals surface area contributed by atoms with Crippen LogP contribution in [-0.4, -0.2) is 5.43 Å². The molecule has 4 aliphatic rings. The molecule has 212 valence electrons. The molecule has 0 saturated heterocycles. The summed E-state index contributed by atoms with van der Waals surface area (Å²) in [6.45, 7) is 9.77. The van der Waals surface area contributed by atoms with Crippen molar-refractivity contribution in [1.29, 1.82) is 0 Å². The molecule has 4 aliphatic carbocycles. The molecule has 0 amide bonds. The predicted molar refractivity (Wildman–Crippen MR) is 188 cm³/mol. The van der Waals surface area contributed by atoms with Gasteiger partial charge < -0.3 is 0 Å². The third-order valence-corrected chi connectivity index (χ3v) is 25.4. The number of benzene rings is 2. The van der Waals surface area contributed by atoms with Crippen LogP contribution in [0.4, 0.5) is 0 Å². The summed E-state index contributed by atoms with van der Waals surface area (Å²) >= 11 is 10.1. The molecule has 42 heavy (non-hydrogen) atoms. The molecule has 0 spiro atoms. The normalized spacial score (nSPS) is 10.7. The van der Waals surface area contributed by atoms with Crippen LogP contribution in [0.25, 0.3) is 44.5 Å².